The Morgan fingerprint density at radius 3 is 2.37 bits per heavy atom. The number of rotatable bonds is 3. The summed E-state index contributed by atoms with van der Waals surface area (Å²) in [7, 11) is 0. The summed E-state index contributed by atoms with van der Waals surface area (Å²) in [4.78, 5) is 25.6. The summed E-state index contributed by atoms with van der Waals surface area (Å²) in [5, 5.41) is 4.69. The number of anilines is 2. The van der Waals surface area contributed by atoms with Crippen LogP contribution in [0.5, 0.6) is 0 Å². The number of thiophene rings is 1. The Labute approximate surface area is 177 Å². The standard InChI is InChI=1S/C22H25F3N2O2S/c1-12-7-5-6-8-15(12)26-18(28)17-14-10-9-13(21(2,3)4)11-16(14)30-19(17)27-20(29)22(23,24)25/h5-8,13H,9-11H2,1-4H3,(H,26,28)(H,27,29). The number of fused-ring (bicyclic) bond motifs is 1. The molecule has 2 aromatic rings. The van der Waals surface area contributed by atoms with Gasteiger partial charge in [0.05, 0.1) is 5.56 Å². The largest absolute Gasteiger partial charge is 0.471 e. The van der Waals surface area contributed by atoms with Crippen molar-refractivity contribution < 1.29 is 22.8 Å². The summed E-state index contributed by atoms with van der Waals surface area (Å²) in [6, 6.07) is 7.17. The first-order chi connectivity index (χ1) is 13.9. The Balaban J connectivity index is 1.99. The SMILES string of the molecule is Cc1ccccc1NC(=O)c1c(NC(=O)C(F)(F)F)sc2c1CCC(C(C)(C)C)C2. The predicted octanol–water partition coefficient (Wildman–Crippen LogP) is 5.96. The number of hydrogen-bond acceptors (Lipinski definition) is 3. The van der Waals surface area contributed by atoms with Crippen molar-refractivity contribution in [3.63, 3.8) is 0 Å². The molecule has 2 N–H and O–H groups in total. The second kappa shape index (κ2) is 8.06. The van der Waals surface area contributed by atoms with Gasteiger partial charge in [0.2, 0.25) is 0 Å². The zero-order valence-corrected chi connectivity index (χ0v) is 18.2. The number of benzene rings is 1. The first-order valence-corrected chi connectivity index (χ1v) is 10.6. The number of carbonyl (C=O) groups excluding carboxylic acids is 2. The highest BCUT2D eigenvalue weighted by Crippen LogP contribution is 2.44. The Bertz CT molecular complexity index is 974. The van der Waals surface area contributed by atoms with Gasteiger partial charge in [0.25, 0.3) is 5.91 Å². The van der Waals surface area contributed by atoms with Gasteiger partial charge in [-0.1, -0.05) is 39.0 Å². The molecule has 0 saturated carbocycles. The van der Waals surface area contributed by atoms with Crippen LogP contribution in [0.2, 0.25) is 0 Å². The van der Waals surface area contributed by atoms with Gasteiger partial charge in [0.1, 0.15) is 5.00 Å². The summed E-state index contributed by atoms with van der Waals surface area (Å²) in [6.07, 6.45) is -2.92. The van der Waals surface area contributed by atoms with Crippen LogP contribution in [0.3, 0.4) is 0 Å². The summed E-state index contributed by atoms with van der Waals surface area (Å²) in [5.41, 5.74) is 2.34. The van der Waals surface area contributed by atoms with Crippen LogP contribution in [0.25, 0.3) is 0 Å². The van der Waals surface area contributed by atoms with E-state index in [4.69, 9.17) is 0 Å². The molecule has 1 heterocycles. The van der Waals surface area contributed by atoms with Gasteiger partial charge in [-0.3, -0.25) is 9.59 Å². The summed E-state index contributed by atoms with van der Waals surface area (Å²) in [6.45, 7) is 8.23. The molecular weight excluding hydrogens is 413 g/mol. The van der Waals surface area contributed by atoms with E-state index in [1.807, 2.05) is 24.4 Å². The number of nitrogens with one attached hydrogen (secondary N) is 2. The lowest BCUT2D eigenvalue weighted by Crippen LogP contribution is -2.30. The maximum Gasteiger partial charge on any atom is 0.471 e. The molecule has 0 aliphatic heterocycles. The lowest BCUT2D eigenvalue weighted by Gasteiger charge is -2.33. The van der Waals surface area contributed by atoms with Crippen molar-refractivity contribution in [2.45, 2.75) is 53.1 Å². The van der Waals surface area contributed by atoms with E-state index in [2.05, 4.69) is 26.1 Å². The molecule has 0 spiro atoms. The number of hydrogen-bond donors (Lipinski definition) is 2. The second-order valence-electron chi connectivity index (χ2n) is 8.73. The molecule has 4 nitrogen and oxygen atoms in total. The fourth-order valence-electron chi connectivity index (χ4n) is 3.73. The summed E-state index contributed by atoms with van der Waals surface area (Å²) >= 11 is 1.08. The number of amides is 2. The molecular formula is C22H25F3N2O2S. The summed E-state index contributed by atoms with van der Waals surface area (Å²) in [5.74, 6) is -2.23. The van der Waals surface area contributed by atoms with Crippen LogP contribution in [0.1, 0.15) is 53.6 Å². The van der Waals surface area contributed by atoms with Crippen molar-refractivity contribution in [2.75, 3.05) is 10.6 Å². The maximum atomic E-state index is 13.1. The lowest BCUT2D eigenvalue weighted by molar-refractivity contribution is -0.167. The van der Waals surface area contributed by atoms with Crippen LogP contribution in [0, 0.1) is 18.3 Å². The molecule has 3 rings (SSSR count). The summed E-state index contributed by atoms with van der Waals surface area (Å²) < 4.78 is 38.6. The van der Waals surface area contributed by atoms with Gasteiger partial charge in [-0.05, 0) is 54.7 Å². The third-order valence-corrected chi connectivity index (χ3v) is 6.76. The molecule has 0 fully saturated rings. The van der Waals surface area contributed by atoms with Crippen LogP contribution >= 0.6 is 11.3 Å². The Hall–Kier alpha value is -2.35. The fourth-order valence-corrected chi connectivity index (χ4v) is 5.05. The molecule has 1 aromatic heterocycles. The lowest BCUT2D eigenvalue weighted by atomic mass is 9.72. The molecule has 8 heteroatoms. The molecule has 1 aliphatic carbocycles. The van der Waals surface area contributed by atoms with Crippen LogP contribution in [-0.4, -0.2) is 18.0 Å². The van der Waals surface area contributed by atoms with Gasteiger partial charge >= 0.3 is 12.1 Å². The molecule has 0 radical (unpaired) electrons. The maximum absolute atomic E-state index is 13.1. The molecule has 1 atom stereocenters. The van der Waals surface area contributed by atoms with E-state index in [0.717, 1.165) is 33.8 Å². The minimum atomic E-state index is -5.03. The van der Waals surface area contributed by atoms with Crippen LogP contribution in [-0.2, 0) is 17.6 Å². The third kappa shape index (κ3) is 4.69. The van der Waals surface area contributed by atoms with Crippen molar-refractivity contribution in [2.24, 2.45) is 11.3 Å². The highest BCUT2D eigenvalue weighted by Gasteiger charge is 2.41. The Morgan fingerprint density at radius 2 is 1.77 bits per heavy atom. The minimum Gasteiger partial charge on any atom is -0.322 e. The Kier molecular flexibility index (Phi) is 6.00. The molecule has 2 amide bonds. The van der Waals surface area contributed by atoms with Crippen molar-refractivity contribution in [3.8, 4) is 0 Å². The monoisotopic (exact) mass is 438 g/mol. The van der Waals surface area contributed by atoms with E-state index >= 15 is 0 Å². The van der Waals surface area contributed by atoms with Gasteiger partial charge in [-0.15, -0.1) is 11.3 Å². The van der Waals surface area contributed by atoms with E-state index in [9.17, 15) is 22.8 Å². The van der Waals surface area contributed by atoms with Gasteiger partial charge in [-0.25, -0.2) is 0 Å². The molecule has 1 aliphatic rings. The van der Waals surface area contributed by atoms with E-state index in [-0.39, 0.29) is 16.0 Å². The molecule has 0 bridgehead atoms. The van der Waals surface area contributed by atoms with E-state index in [1.54, 1.807) is 12.1 Å². The number of carbonyl (C=O) groups is 2. The average molecular weight is 439 g/mol. The number of aryl methyl sites for hydroxylation is 1. The molecule has 162 valence electrons. The number of alkyl halides is 3. The Morgan fingerprint density at radius 1 is 1.10 bits per heavy atom. The predicted molar refractivity (Wildman–Crippen MR) is 113 cm³/mol. The second-order valence-corrected chi connectivity index (χ2v) is 9.84. The first-order valence-electron chi connectivity index (χ1n) is 9.77. The fraction of sp³-hybridized carbons (Fsp3) is 0.455. The van der Waals surface area contributed by atoms with Crippen molar-refractivity contribution in [1.82, 2.24) is 0 Å². The van der Waals surface area contributed by atoms with Crippen LogP contribution < -0.4 is 10.6 Å². The molecule has 0 saturated heterocycles. The van der Waals surface area contributed by atoms with Gasteiger partial charge < -0.3 is 10.6 Å². The zero-order chi connectivity index (χ0) is 22.3. The van der Waals surface area contributed by atoms with Crippen LogP contribution in [0.15, 0.2) is 24.3 Å². The van der Waals surface area contributed by atoms with Crippen LogP contribution in [0.4, 0.5) is 23.9 Å². The van der Waals surface area contributed by atoms with Gasteiger partial charge in [0.15, 0.2) is 0 Å². The smallest absolute Gasteiger partial charge is 0.322 e. The highest BCUT2D eigenvalue weighted by atomic mass is 32.1. The normalized spacial score (nSPS) is 16.7. The molecule has 30 heavy (non-hydrogen) atoms. The molecule has 1 aromatic carbocycles. The van der Waals surface area contributed by atoms with E-state index in [0.29, 0.717) is 24.4 Å². The van der Waals surface area contributed by atoms with E-state index < -0.39 is 18.0 Å². The topological polar surface area (TPSA) is 58.2 Å². The number of halogens is 3. The zero-order valence-electron chi connectivity index (χ0n) is 17.4. The van der Waals surface area contributed by atoms with E-state index in [1.165, 1.54) is 0 Å². The van der Waals surface area contributed by atoms with Gasteiger partial charge in [0, 0.05) is 10.6 Å². The van der Waals surface area contributed by atoms with Gasteiger partial charge in [-0.2, -0.15) is 13.2 Å². The average Bonchev–Trinajstić information content (AvgIpc) is 2.99. The van der Waals surface area contributed by atoms with Crippen molar-refractivity contribution in [3.05, 3.63) is 45.8 Å². The highest BCUT2D eigenvalue weighted by molar-refractivity contribution is 7.17. The quantitative estimate of drug-likeness (QED) is 0.621. The minimum absolute atomic E-state index is 0.0389. The van der Waals surface area contributed by atoms with Crippen molar-refractivity contribution >= 4 is 33.8 Å². The van der Waals surface area contributed by atoms with Crippen molar-refractivity contribution in [1.29, 1.82) is 0 Å². The first kappa shape index (κ1) is 22.3. The molecule has 1 unspecified atom stereocenters. The number of para-hydroxylation sites is 1. The third-order valence-electron chi connectivity index (χ3n) is 5.59.